The smallest absolute Gasteiger partial charge is 0.230 e. The van der Waals surface area contributed by atoms with Crippen LogP contribution in [0.25, 0.3) is 0 Å². The summed E-state index contributed by atoms with van der Waals surface area (Å²) in [5.41, 5.74) is 0.0699. The van der Waals surface area contributed by atoms with Crippen molar-refractivity contribution in [2.75, 3.05) is 46.2 Å². The highest BCUT2D eigenvalue weighted by Crippen LogP contribution is 2.28. The minimum Gasteiger partial charge on any atom is -0.497 e. The summed E-state index contributed by atoms with van der Waals surface area (Å²) >= 11 is 1.54. The van der Waals surface area contributed by atoms with Crippen LogP contribution in [0.15, 0.2) is 29.2 Å². The summed E-state index contributed by atoms with van der Waals surface area (Å²) in [5, 5.41) is 6.44. The van der Waals surface area contributed by atoms with Gasteiger partial charge in [0.1, 0.15) is 5.75 Å². The van der Waals surface area contributed by atoms with Gasteiger partial charge in [0.25, 0.3) is 0 Å². The summed E-state index contributed by atoms with van der Waals surface area (Å²) in [7, 11) is 3.37. The van der Waals surface area contributed by atoms with Gasteiger partial charge < -0.3 is 20.1 Å². The molecular formula is C17H26N2O3S. The third-order valence-electron chi connectivity index (χ3n) is 4.20. The molecule has 2 rings (SSSR count). The van der Waals surface area contributed by atoms with E-state index in [1.54, 1.807) is 14.2 Å². The van der Waals surface area contributed by atoms with E-state index in [-0.39, 0.29) is 11.3 Å². The van der Waals surface area contributed by atoms with E-state index >= 15 is 0 Å². The van der Waals surface area contributed by atoms with Gasteiger partial charge in [-0.15, -0.1) is 11.8 Å². The van der Waals surface area contributed by atoms with E-state index in [4.69, 9.17) is 9.47 Å². The van der Waals surface area contributed by atoms with Gasteiger partial charge in [-0.05, 0) is 50.2 Å². The third kappa shape index (κ3) is 5.71. The molecule has 0 atom stereocenters. The van der Waals surface area contributed by atoms with Crippen LogP contribution in [0.2, 0.25) is 0 Å². The van der Waals surface area contributed by atoms with Crippen LogP contribution >= 0.6 is 11.8 Å². The molecular weight excluding hydrogens is 312 g/mol. The van der Waals surface area contributed by atoms with Gasteiger partial charge in [0.15, 0.2) is 0 Å². The molecule has 1 aliphatic rings. The quantitative estimate of drug-likeness (QED) is 0.709. The van der Waals surface area contributed by atoms with Gasteiger partial charge in [-0.3, -0.25) is 4.79 Å². The fourth-order valence-electron chi connectivity index (χ4n) is 2.79. The molecule has 0 unspecified atom stereocenters. The molecule has 1 aromatic carbocycles. The number of hydrogen-bond acceptors (Lipinski definition) is 5. The minimum atomic E-state index is 0.0693. The Hall–Kier alpha value is -1.24. The van der Waals surface area contributed by atoms with Crippen molar-refractivity contribution in [1.29, 1.82) is 0 Å². The van der Waals surface area contributed by atoms with Crippen LogP contribution in [0.5, 0.6) is 5.75 Å². The van der Waals surface area contributed by atoms with E-state index in [1.165, 1.54) is 11.8 Å². The Morgan fingerprint density at radius 3 is 2.57 bits per heavy atom. The van der Waals surface area contributed by atoms with E-state index in [0.717, 1.165) is 36.6 Å². The van der Waals surface area contributed by atoms with E-state index in [1.807, 2.05) is 24.3 Å². The highest BCUT2D eigenvalue weighted by molar-refractivity contribution is 8.00. The van der Waals surface area contributed by atoms with Gasteiger partial charge in [-0.1, -0.05) is 0 Å². The first-order valence-corrected chi connectivity index (χ1v) is 8.89. The zero-order chi connectivity index (χ0) is 16.5. The van der Waals surface area contributed by atoms with Crippen LogP contribution in [0.4, 0.5) is 0 Å². The number of hydrogen-bond donors (Lipinski definition) is 2. The average Bonchev–Trinajstić information content (AvgIpc) is 2.60. The van der Waals surface area contributed by atoms with Crippen LogP contribution in [0.3, 0.4) is 0 Å². The molecule has 0 bridgehead atoms. The monoisotopic (exact) mass is 338 g/mol. The molecule has 6 heteroatoms. The Morgan fingerprint density at radius 2 is 1.96 bits per heavy atom. The van der Waals surface area contributed by atoms with Gasteiger partial charge in [0.05, 0.1) is 19.5 Å². The number of benzene rings is 1. The molecule has 128 valence electrons. The highest BCUT2D eigenvalue weighted by Gasteiger charge is 2.32. The number of carbonyl (C=O) groups excluding carboxylic acids is 1. The lowest BCUT2D eigenvalue weighted by Gasteiger charge is -2.37. The van der Waals surface area contributed by atoms with Gasteiger partial charge in [0.2, 0.25) is 5.91 Å². The van der Waals surface area contributed by atoms with Crippen LogP contribution in [0.1, 0.15) is 12.8 Å². The number of ether oxygens (including phenoxy) is 2. The van der Waals surface area contributed by atoms with Crippen LogP contribution in [0, 0.1) is 5.41 Å². The maximum Gasteiger partial charge on any atom is 0.230 e. The summed E-state index contributed by atoms with van der Waals surface area (Å²) in [4.78, 5) is 13.2. The Morgan fingerprint density at radius 1 is 1.26 bits per heavy atom. The van der Waals surface area contributed by atoms with Crippen molar-refractivity contribution in [3.05, 3.63) is 24.3 Å². The highest BCUT2D eigenvalue weighted by atomic mass is 32.2. The lowest BCUT2D eigenvalue weighted by Crippen LogP contribution is -2.47. The topological polar surface area (TPSA) is 59.6 Å². The number of rotatable bonds is 8. The zero-order valence-electron chi connectivity index (χ0n) is 13.9. The standard InChI is InChI=1S/C17H26N2O3S/c1-21-13-17(7-9-18-10-8-17)12-19-16(20)11-23-15-5-3-14(22-2)4-6-15/h3-6,18H,7-13H2,1-2H3,(H,19,20). The van der Waals surface area contributed by atoms with E-state index < -0.39 is 0 Å². The molecule has 1 saturated heterocycles. The summed E-state index contributed by atoms with van der Waals surface area (Å²) in [6.45, 7) is 3.35. The summed E-state index contributed by atoms with van der Waals surface area (Å²) < 4.78 is 10.5. The van der Waals surface area contributed by atoms with Crippen molar-refractivity contribution in [1.82, 2.24) is 10.6 Å². The molecule has 0 aromatic heterocycles. The molecule has 0 radical (unpaired) electrons. The van der Waals surface area contributed by atoms with Crippen molar-refractivity contribution in [2.45, 2.75) is 17.7 Å². The molecule has 0 spiro atoms. The maximum atomic E-state index is 12.1. The van der Waals surface area contributed by atoms with Crippen molar-refractivity contribution in [3.8, 4) is 5.75 Å². The van der Waals surface area contributed by atoms with E-state index in [9.17, 15) is 4.79 Å². The van der Waals surface area contributed by atoms with E-state index in [0.29, 0.717) is 18.9 Å². The van der Waals surface area contributed by atoms with Gasteiger partial charge in [-0.25, -0.2) is 0 Å². The Kier molecular flexibility index (Phi) is 7.20. The third-order valence-corrected chi connectivity index (χ3v) is 5.22. The predicted octanol–water partition coefficient (Wildman–Crippen LogP) is 1.92. The number of nitrogens with one attached hydrogen (secondary N) is 2. The normalized spacial score (nSPS) is 16.8. The molecule has 2 N–H and O–H groups in total. The predicted molar refractivity (Wildman–Crippen MR) is 93.1 cm³/mol. The lowest BCUT2D eigenvalue weighted by atomic mass is 9.79. The Balaban J connectivity index is 1.76. The van der Waals surface area contributed by atoms with Crippen LogP contribution < -0.4 is 15.4 Å². The lowest BCUT2D eigenvalue weighted by molar-refractivity contribution is -0.119. The number of thioether (sulfide) groups is 1. The first kappa shape index (κ1) is 18.1. The zero-order valence-corrected chi connectivity index (χ0v) is 14.7. The second-order valence-corrected chi connectivity index (χ2v) is 6.97. The molecule has 1 fully saturated rings. The molecule has 0 saturated carbocycles. The summed E-state index contributed by atoms with van der Waals surface area (Å²) in [6.07, 6.45) is 2.07. The maximum absolute atomic E-state index is 12.1. The summed E-state index contributed by atoms with van der Waals surface area (Å²) in [6, 6.07) is 7.75. The number of methoxy groups -OCH3 is 2. The molecule has 23 heavy (non-hydrogen) atoms. The molecule has 1 aromatic rings. The number of piperidine rings is 1. The van der Waals surface area contributed by atoms with Crippen molar-refractivity contribution < 1.29 is 14.3 Å². The van der Waals surface area contributed by atoms with E-state index in [2.05, 4.69) is 10.6 Å². The molecule has 1 amide bonds. The van der Waals surface area contributed by atoms with Crippen LogP contribution in [-0.4, -0.2) is 52.1 Å². The number of amides is 1. The first-order chi connectivity index (χ1) is 11.2. The van der Waals surface area contributed by atoms with Crippen molar-refractivity contribution in [2.24, 2.45) is 5.41 Å². The molecule has 5 nitrogen and oxygen atoms in total. The Bertz CT molecular complexity index is 482. The average molecular weight is 338 g/mol. The second-order valence-electron chi connectivity index (χ2n) is 5.92. The number of carbonyl (C=O) groups is 1. The molecule has 1 aliphatic heterocycles. The van der Waals surface area contributed by atoms with Crippen molar-refractivity contribution >= 4 is 17.7 Å². The van der Waals surface area contributed by atoms with Crippen LogP contribution in [-0.2, 0) is 9.53 Å². The fourth-order valence-corrected chi connectivity index (χ4v) is 3.52. The molecule has 0 aliphatic carbocycles. The second kappa shape index (κ2) is 9.15. The van der Waals surface area contributed by atoms with Gasteiger partial charge in [-0.2, -0.15) is 0 Å². The molecule has 1 heterocycles. The Labute approximate surface area is 142 Å². The fraction of sp³-hybridized carbons (Fsp3) is 0.588. The van der Waals surface area contributed by atoms with Gasteiger partial charge >= 0.3 is 0 Å². The summed E-state index contributed by atoms with van der Waals surface area (Å²) in [5.74, 6) is 1.32. The largest absolute Gasteiger partial charge is 0.497 e. The SMILES string of the molecule is COCC1(CNC(=O)CSc2ccc(OC)cc2)CCNCC1. The first-order valence-electron chi connectivity index (χ1n) is 7.91. The van der Waals surface area contributed by atoms with Crippen molar-refractivity contribution in [3.63, 3.8) is 0 Å². The minimum absolute atomic E-state index is 0.0693. The van der Waals surface area contributed by atoms with Gasteiger partial charge in [0, 0.05) is 24.0 Å².